The minimum atomic E-state index is -3.67. The molecule has 2 saturated heterocycles. The number of piperidine rings is 1. The number of aliphatic imine (C=N–C) groups is 1. The van der Waals surface area contributed by atoms with Gasteiger partial charge in [0.2, 0.25) is 5.96 Å². The summed E-state index contributed by atoms with van der Waals surface area (Å²) in [5.74, 6) is -2.95. The van der Waals surface area contributed by atoms with Crippen molar-refractivity contribution in [2.45, 2.75) is 54.9 Å². The molecule has 15 heteroatoms. The molecule has 3 rings (SSSR count). The summed E-state index contributed by atoms with van der Waals surface area (Å²) in [5, 5.41) is 38.4. The van der Waals surface area contributed by atoms with Crippen molar-refractivity contribution in [3.8, 4) is 0 Å². The Bertz CT molecular complexity index is 1090. The number of rotatable bonds is 4. The molecule has 1 aromatic rings. The highest BCUT2D eigenvalue weighted by Crippen LogP contribution is 2.29. The van der Waals surface area contributed by atoms with Gasteiger partial charge in [-0.3, -0.25) is 4.79 Å². The van der Waals surface area contributed by atoms with Crippen molar-refractivity contribution in [3.05, 3.63) is 23.8 Å². The third kappa shape index (κ3) is 6.25. The molecule has 0 aromatic heterocycles. The van der Waals surface area contributed by atoms with Gasteiger partial charge in [0.1, 0.15) is 18.3 Å². The maximum Gasteiger partial charge on any atom is 0.363 e. The number of benzene rings is 1. The lowest BCUT2D eigenvalue weighted by Gasteiger charge is -2.36. The summed E-state index contributed by atoms with van der Waals surface area (Å²) in [5.41, 5.74) is 7.83. The molecule has 5 atom stereocenters. The first-order chi connectivity index (χ1) is 16.4. The summed E-state index contributed by atoms with van der Waals surface area (Å²) in [6.07, 6.45) is -5.54. The van der Waals surface area contributed by atoms with Crippen molar-refractivity contribution in [2.24, 2.45) is 10.7 Å². The number of guanidine groups is 1. The van der Waals surface area contributed by atoms with Gasteiger partial charge in [0.05, 0.1) is 10.6 Å². The smallest absolute Gasteiger partial charge is 0.363 e. The number of aliphatic hydroxyl groups excluding tert-OH is 4. The van der Waals surface area contributed by atoms with Crippen LogP contribution in [0, 0.1) is 0 Å². The molecular weight excluding hydrogens is 488 g/mol. The van der Waals surface area contributed by atoms with E-state index >= 15 is 0 Å². The largest absolute Gasteiger partial charge is 0.387 e. The fraction of sp³-hybridized carbons (Fsp3) is 0.550. The molecule has 0 spiro atoms. The molecule has 1 aromatic carbocycles. The van der Waals surface area contributed by atoms with Crippen molar-refractivity contribution in [1.82, 2.24) is 5.48 Å². The van der Waals surface area contributed by atoms with E-state index in [0.29, 0.717) is 18.8 Å². The summed E-state index contributed by atoms with van der Waals surface area (Å²) in [7, 11) is -3.67. The molecule has 35 heavy (non-hydrogen) atoms. The summed E-state index contributed by atoms with van der Waals surface area (Å²) < 4.78 is 29.4. The zero-order valence-electron chi connectivity index (χ0n) is 18.8. The van der Waals surface area contributed by atoms with Gasteiger partial charge in [-0.25, -0.2) is 13.2 Å². The molecule has 2 fully saturated rings. The van der Waals surface area contributed by atoms with Gasteiger partial charge in [-0.2, -0.15) is 10.5 Å². The Hall–Kier alpha value is -2.82. The minimum absolute atomic E-state index is 0.0267. The van der Waals surface area contributed by atoms with E-state index in [4.69, 9.17) is 10.5 Å². The Morgan fingerprint density at radius 3 is 2.40 bits per heavy atom. The monoisotopic (exact) mass is 516 g/mol. The quantitative estimate of drug-likeness (QED) is 0.137. The van der Waals surface area contributed by atoms with Crippen LogP contribution < -0.4 is 16.1 Å². The molecule has 0 saturated carbocycles. The maximum absolute atomic E-state index is 12.5. The van der Waals surface area contributed by atoms with Crippen molar-refractivity contribution >= 4 is 33.4 Å². The Labute approximate surface area is 200 Å². The molecule has 2 aliphatic heterocycles. The number of aliphatic hydroxyl groups is 4. The summed E-state index contributed by atoms with van der Waals surface area (Å²) in [6, 6.07) is 4.13. The summed E-state index contributed by atoms with van der Waals surface area (Å²) in [6.45, 7) is 1.39. The number of nitrogens with two attached hydrogens (primary N) is 1. The second-order valence-electron chi connectivity index (χ2n) is 8.25. The third-order valence-corrected chi connectivity index (χ3v) is 6.73. The lowest BCUT2D eigenvalue weighted by molar-refractivity contribution is -0.281. The number of carbonyl (C=O) groups excluding carboxylic acids is 2. The van der Waals surface area contributed by atoms with Crippen LogP contribution in [-0.2, 0) is 24.2 Å². The van der Waals surface area contributed by atoms with Crippen LogP contribution in [0.2, 0.25) is 0 Å². The molecule has 2 aliphatic rings. The highest BCUT2D eigenvalue weighted by Gasteiger charge is 2.47. The zero-order chi connectivity index (χ0) is 25.9. The topological polar surface area (TPSA) is 221 Å². The van der Waals surface area contributed by atoms with E-state index in [0.717, 1.165) is 25.5 Å². The second-order valence-corrected chi connectivity index (χ2v) is 10.2. The van der Waals surface area contributed by atoms with Crippen LogP contribution in [-0.4, -0.2) is 96.7 Å². The van der Waals surface area contributed by atoms with E-state index in [9.17, 15) is 38.4 Å². The molecule has 0 aliphatic carbocycles. The highest BCUT2D eigenvalue weighted by atomic mass is 32.2. The lowest BCUT2D eigenvalue weighted by Crippen LogP contribution is -2.60. The van der Waals surface area contributed by atoms with E-state index in [1.165, 1.54) is 18.2 Å². The van der Waals surface area contributed by atoms with Crippen molar-refractivity contribution in [1.29, 1.82) is 0 Å². The highest BCUT2D eigenvalue weighted by molar-refractivity contribution is 7.90. The fourth-order valence-corrected chi connectivity index (χ4v) is 4.67. The molecule has 0 radical (unpaired) electrons. The number of carbonyl (C=O) groups is 2. The second kappa shape index (κ2) is 10.8. The molecule has 194 valence electrons. The van der Waals surface area contributed by atoms with E-state index in [1.54, 1.807) is 0 Å². The van der Waals surface area contributed by atoms with Crippen LogP contribution in [0.1, 0.15) is 29.6 Å². The van der Waals surface area contributed by atoms with E-state index < -0.39 is 58.4 Å². The Morgan fingerprint density at radius 1 is 1.11 bits per heavy atom. The fourth-order valence-electron chi connectivity index (χ4n) is 3.75. The van der Waals surface area contributed by atoms with Crippen molar-refractivity contribution in [3.63, 3.8) is 0 Å². The number of amides is 1. The maximum atomic E-state index is 12.5. The van der Waals surface area contributed by atoms with Gasteiger partial charge in [-0.05, 0) is 37.5 Å². The molecular formula is C20H28N4O10S. The number of hydrogen-bond acceptors (Lipinski definition) is 11. The number of anilines is 1. The SMILES string of the molecule is CS(=O)(=O)c1cc(C(=O)N=C(N)NOC(=O)[C@H]2O[C@@H](O)[C@H](O)[C@@H](O)[C@@H]2O)ccc1N1CCCCC1. The number of ether oxygens (including phenoxy) is 1. The van der Waals surface area contributed by atoms with Crippen LogP contribution in [0.4, 0.5) is 5.69 Å². The van der Waals surface area contributed by atoms with E-state index in [-0.39, 0.29) is 10.5 Å². The van der Waals surface area contributed by atoms with Gasteiger partial charge in [-0.1, -0.05) is 0 Å². The predicted molar refractivity (Wildman–Crippen MR) is 120 cm³/mol. The number of nitrogens with zero attached hydrogens (tertiary/aromatic N) is 2. The van der Waals surface area contributed by atoms with Gasteiger partial charge in [0.25, 0.3) is 5.91 Å². The van der Waals surface area contributed by atoms with Gasteiger partial charge in [-0.15, -0.1) is 0 Å². The normalized spacial score (nSPS) is 27.9. The van der Waals surface area contributed by atoms with Crippen LogP contribution in [0.3, 0.4) is 0 Å². The van der Waals surface area contributed by atoms with Gasteiger partial charge in [0.15, 0.2) is 22.2 Å². The van der Waals surface area contributed by atoms with Crippen LogP contribution in [0.15, 0.2) is 28.1 Å². The predicted octanol–water partition coefficient (Wildman–Crippen LogP) is -2.62. The molecule has 2 heterocycles. The van der Waals surface area contributed by atoms with Gasteiger partial charge >= 0.3 is 5.97 Å². The number of sulfone groups is 1. The first kappa shape index (κ1) is 26.8. The standard InChI is InChI=1S/C20H28N4O10S/c1-35(31,32)12-9-10(5-6-11(12)24-7-3-2-4-8-24)17(28)22-20(21)23-34-19(30)16-14(26)13(25)15(27)18(29)33-16/h5-6,9,13-16,18,25-27,29H,2-4,7-8H2,1H3,(H3,21,22,23,28)/t13-,14-,15+,16-,18+/m0/s1. The lowest BCUT2D eigenvalue weighted by atomic mass is 9.99. The van der Waals surface area contributed by atoms with E-state index in [1.807, 2.05) is 10.4 Å². The minimum Gasteiger partial charge on any atom is -0.387 e. The van der Waals surface area contributed by atoms with Crippen molar-refractivity contribution < 1.29 is 48.0 Å². The molecule has 1 amide bonds. The molecule has 7 N–H and O–H groups in total. The Balaban J connectivity index is 1.69. The van der Waals surface area contributed by atoms with Gasteiger partial charge < -0.3 is 40.6 Å². The summed E-state index contributed by atoms with van der Waals surface area (Å²) in [4.78, 5) is 34.6. The molecule has 0 bridgehead atoms. The molecule has 14 nitrogen and oxygen atoms in total. The van der Waals surface area contributed by atoms with E-state index in [2.05, 4.69) is 9.83 Å². The molecule has 0 unspecified atom stereocenters. The van der Waals surface area contributed by atoms with Crippen LogP contribution in [0.5, 0.6) is 0 Å². The van der Waals surface area contributed by atoms with Gasteiger partial charge in [0, 0.05) is 24.9 Å². The van der Waals surface area contributed by atoms with Crippen molar-refractivity contribution in [2.75, 3.05) is 24.2 Å². The average molecular weight is 517 g/mol. The van der Waals surface area contributed by atoms with Crippen LogP contribution >= 0.6 is 0 Å². The number of hydroxylamine groups is 1. The van der Waals surface area contributed by atoms with Crippen LogP contribution in [0.25, 0.3) is 0 Å². The summed E-state index contributed by atoms with van der Waals surface area (Å²) >= 11 is 0. The first-order valence-corrected chi connectivity index (χ1v) is 12.6. The average Bonchev–Trinajstić information content (AvgIpc) is 2.83. The Morgan fingerprint density at radius 2 is 1.77 bits per heavy atom. The third-order valence-electron chi connectivity index (χ3n) is 5.60. The Kier molecular flexibility index (Phi) is 8.30. The zero-order valence-corrected chi connectivity index (χ0v) is 19.6. The first-order valence-electron chi connectivity index (χ1n) is 10.7. The number of hydrogen-bond donors (Lipinski definition) is 6. The number of nitrogens with one attached hydrogen (secondary N) is 1.